The highest BCUT2D eigenvalue weighted by Gasteiger charge is 2.15. The number of hydrogen-bond acceptors (Lipinski definition) is 3. The molecule has 0 aliphatic heterocycles. The summed E-state index contributed by atoms with van der Waals surface area (Å²) in [5, 5.41) is 2.33. The minimum Gasteiger partial charge on any atom is -0.444 e. The van der Waals surface area contributed by atoms with Crippen molar-refractivity contribution in [1.29, 1.82) is 0 Å². The monoisotopic (exact) mass is 289 g/mol. The van der Waals surface area contributed by atoms with Gasteiger partial charge in [-0.1, -0.05) is 52.4 Å². The molecular weight excluding hydrogens is 254 g/mol. The summed E-state index contributed by atoms with van der Waals surface area (Å²) in [6.07, 6.45) is 8.44. The van der Waals surface area contributed by atoms with Gasteiger partial charge < -0.3 is 10.1 Å². The Bertz CT molecular complexity index is 247. The number of ketones is 1. The van der Waals surface area contributed by atoms with E-state index < -0.39 is 11.7 Å². The van der Waals surface area contributed by atoms with Gasteiger partial charge in [-0.25, -0.2) is 4.79 Å². The van der Waals surface area contributed by atoms with Crippen LogP contribution < -0.4 is 5.32 Å². The fourth-order valence-corrected chi connectivity index (χ4v) is 1.57. The van der Waals surface area contributed by atoms with Crippen LogP contribution in [0.5, 0.6) is 0 Å². The van der Waals surface area contributed by atoms with Crippen molar-refractivity contribution in [2.45, 2.75) is 85.7 Å². The van der Waals surface area contributed by atoms with Crippen molar-refractivity contribution in [3.05, 3.63) is 0 Å². The summed E-state index contributed by atoms with van der Waals surface area (Å²) < 4.78 is 4.89. The first-order chi connectivity index (χ1) is 9.31. The van der Waals surface area contributed by atoms with Crippen LogP contribution in [0.15, 0.2) is 0 Å². The molecule has 0 aromatic rings. The number of rotatable bonds is 2. The van der Waals surface area contributed by atoms with Crippen LogP contribution in [0.25, 0.3) is 0 Å². The van der Waals surface area contributed by atoms with E-state index in [1.165, 1.54) is 45.4 Å². The first-order valence-electron chi connectivity index (χ1n) is 7.77. The number of hydrogen-bond donors (Lipinski definition) is 1. The van der Waals surface area contributed by atoms with Crippen molar-refractivity contribution < 1.29 is 15.8 Å². The molecule has 1 saturated carbocycles. The highest BCUT2D eigenvalue weighted by molar-refractivity contribution is 5.81. The van der Waals surface area contributed by atoms with Gasteiger partial charge in [-0.2, -0.15) is 0 Å². The fourth-order valence-electron chi connectivity index (χ4n) is 1.57. The standard InChI is InChI=1S/C8H15NO3.C6H12.C2H6.H2/c1-6(10)5-9-7(11)12-8(2,3)4;1-2-4-6-5-3-1;1-2;/h5H2,1-4H3,(H,9,11);1-6H2;1-2H3;1H. The number of carbonyl (C=O) groups is 2. The summed E-state index contributed by atoms with van der Waals surface area (Å²) in [4.78, 5) is 21.3. The molecule has 20 heavy (non-hydrogen) atoms. The maximum atomic E-state index is 10.9. The molecule has 0 aromatic carbocycles. The Hall–Kier alpha value is -1.06. The molecule has 122 valence electrons. The van der Waals surface area contributed by atoms with Gasteiger partial charge in [0.15, 0.2) is 0 Å². The van der Waals surface area contributed by atoms with Gasteiger partial charge in [0.1, 0.15) is 11.4 Å². The lowest BCUT2D eigenvalue weighted by molar-refractivity contribution is -0.116. The van der Waals surface area contributed by atoms with Gasteiger partial charge in [0, 0.05) is 1.43 Å². The van der Waals surface area contributed by atoms with Crippen LogP contribution in [0, 0.1) is 0 Å². The highest BCUT2D eigenvalue weighted by Crippen LogP contribution is 2.15. The Labute approximate surface area is 126 Å². The van der Waals surface area contributed by atoms with Crippen molar-refractivity contribution in [3.8, 4) is 0 Å². The zero-order chi connectivity index (χ0) is 16.0. The minimum absolute atomic E-state index is 0. The fraction of sp³-hybridized carbons (Fsp3) is 0.875. The van der Waals surface area contributed by atoms with E-state index in [0.717, 1.165) is 0 Å². The molecule has 4 heteroatoms. The topological polar surface area (TPSA) is 55.4 Å². The molecule has 0 saturated heterocycles. The first-order valence-corrected chi connectivity index (χ1v) is 7.77. The zero-order valence-electron chi connectivity index (χ0n) is 14.2. The molecule has 0 radical (unpaired) electrons. The maximum absolute atomic E-state index is 10.9. The van der Waals surface area contributed by atoms with E-state index in [2.05, 4.69) is 5.32 Å². The van der Waals surface area contributed by atoms with Crippen molar-refractivity contribution >= 4 is 11.9 Å². The molecule has 1 amide bonds. The third kappa shape index (κ3) is 19.3. The Morgan fingerprint density at radius 3 is 1.60 bits per heavy atom. The largest absolute Gasteiger partial charge is 0.444 e. The number of Topliss-reactive ketones (excluding diaryl/α,β-unsaturated/α-hetero) is 1. The summed E-state index contributed by atoms with van der Waals surface area (Å²) in [5.74, 6) is -0.0964. The van der Waals surface area contributed by atoms with Gasteiger partial charge in [-0.3, -0.25) is 4.79 Å². The first kappa shape index (κ1) is 21.2. The number of amides is 1. The van der Waals surface area contributed by atoms with E-state index in [1.807, 2.05) is 13.8 Å². The lowest BCUT2D eigenvalue weighted by atomic mass is 10.0. The van der Waals surface area contributed by atoms with Crippen LogP contribution >= 0.6 is 0 Å². The molecule has 0 spiro atoms. The van der Waals surface area contributed by atoms with Gasteiger partial charge in [0.2, 0.25) is 0 Å². The Balaban J connectivity index is -0.000000301. The SMILES string of the molecule is C1CCCCC1.CC.CC(=O)CNC(=O)OC(C)(C)C.[HH]. The third-order valence-electron chi connectivity index (χ3n) is 2.38. The van der Waals surface area contributed by atoms with Crippen LogP contribution in [0.2, 0.25) is 0 Å². The molecular formula is C16H35NO3. The van der Waals surface area contributed by atoms with Crippen LogP contribution in [-0.4, -0.2) is 24.0 Å². The smallest absolute Gasteiger partial charge is 0.408 e. The molecule has 0 bridgehead atoms. The average Bonchev–Trinajstić information content (AvgIpc) is 2.40. The molecule has 1 N–H and O–H groups in total. The number of ether oxygens (including phenoxy) is 1. The van der Waals surface area contributed by atoms with E-state index >= 15 is 0 Å². The Morgan fingerprint density at radius 2 is 1.35 bits per heavy atom. The second kappa shape index (κ2) is 12.9. The van der Waals surface area contributed by atoms with E-state index in [9.17, 15) is 9.59 Å². The summed E-state index contributed by atoms with van der Waals surface area (Å²) in [5.41, 5.74) is -0.513. The van der Waals surface area contributed by atoms with Crippen molar-refractivity contribution in [1.82, 2.24) is 5.32 Å². The van der Waals surface area contributed by atoms with Gasteiger partial charge in [0.05, 0.1) is 6.54 Å². The van der Waals surface area contributed by atoms with E-state index in [-0.39, 0.29) is 13.8 Å². The molecule has 1 aliphatic rings. The molecule has 1 rings (SSSR count). The second-order valence-corrected chi connectivity index (χ2v) is 5.68. The molecule has 1 fully saturated rings. The molecule has 0 aromatic heterocycles. The quantitative estimate of drug-likeness (QED) is 0.800. The zero-order valence-corrected chi connectivity index (χ0v) is 14.2. The number of alkyl carbamates (subject to hydrolysis) is 1. The highest BCUT2D eigenvalue weighted by atomic mass is 16.6. The van der Waals surface area contributed by atoms with Crippen molar-refractivity contribution in [3.63, 3.8) is 0 Å². The maximum Gasteiger partial charge on any atom is 0.408 e. The van der Waals surface area contributed by atoms with Gasteiger partial charge in [-0.05, 0) is 27.7 Å². The summed E-state index contributed by atoms with van der Waals surface area (Å²) in [6.45, 7) is 10.7. The van der Waals surface area contributed by atoms with Crippen molar-refractivity contribution in [2.75, 3.05) is 6.54 Å². The Morgan fingerprint density at radius 1 is 1.00 bits per heavy atom. The van der Waals surface area contributed by atoms with Gasteiger partial charge in [-0.15, -0.1) is 0 Å². The minimum atomic E-state index is -0.558. The van der Waals surface area contributed by atoms with Crippen LogP contribution in [0.4, 0.5) is 4.79 Å². The van der Waals surface area contributed by atoms with Gasteiger partial charge >= 0.3 is 6.09 Å². The molecule has 4 nitrogen and oxygen atoms in total. The van der Waals surface area contributed by atoms with Crippen molar-refractivity contribution in [2.24, 2.45) is 0 Å². The summed E-state index contributed by atoms with van der Waals surface area (Å²) in [6, 6.07) is 0. The second-order valence-electron chi connectivity index (χ2n) is 5.68. The Kier molecular flexibility index (Phi) is 13.8. The van der Waals surface area contributed by atoms with Crippen LogP contribution in [0.1, 0.15) is 81.5 Å². The normalized spacial score (nSPS) is 13.9. The average molecular weight is 289 g/mol. The number of carbonyl (C=O) groups excluding carboxylic acids is 2. The predicted octanol–water partition coefficient (Wildman–Crippen LogP) is 4.71. The van der Waals surface area contributed by atoms with E-state index in [0.29, 0.717) is 0 Å². The molecule has 0 unspecified atom stereocenters. The molecule has 0 heterocycles. The lowest BCUT2D eigenvalue weighted by Gasteiger charge is -2.19. The third-order valence-corrected chi connectivity index (χ3v) is 2.38. The van der Waals surface area contributed by atoms with Crippen LogP contribution in [0.3, 0.4) is 0 Å². The molecule has 1 aliphatic carbocycles. The van der Waals surface area contributed by atoms with E-state index in [1.54, 1.807) is 20.8 Å². The predicted molar refractivity (Wildman–Crippen MR) is 86.1 cm³/mol. The van der Waals surface area contributed by atoms with Crippen LogP contribution in [-0.2, 0) is 9.53 Å². The van der Waals surface area contributed by atoms with Gasteiger partial charge in [0.25, 0.3) is 0 Å². The van der Waals surface area contributed by atoms with E-state index in [4.69, 9.17) is 4.74 Å². The lowest BCUT2D eigenvalue weighted by Crippen LogP contribution is -2.34. The number of nitrogens with one attached hydrogen (secondary N) is 1. The summed E-state index contributed by atoms with van der Waals surface area (Å²) >= 11 is 0. The summed E-state index contributed by atoms with van der Waals surface area (Å²) in [7, 11) is 0. The molecule has 0 atom stereocenters.